The fourth-order valence-electron chi connectivity index (χ4n) is 9.29. The third-order valence-corrected chi connectivity index (χ3v) is 10.6. The Balaban J connectivity index is 1.51. The molecular formula is C27H46O3. The normalized spacial score (nSPS) is 49.3. The first-order valence-corrected chi connectivity index (χ1v) is 12.9. The second-order valence-corrected chi connectivity index (χ2v) is 12.8. The van der Waals surface area contributed by atoms with E-state index in [1.807, 2.05) is 0 Å². The fraction of sp³-hybridized carbons (Fsp3) is 0.963. The van der Waals surface area contributed by atoms with Crippen LogP contribution in [0.3, 0.4) is 0 Å². The summed E-state index contributed by atoms with van der Waals surface area (Å²) in [5, 5.41) is 21.4. The van der Waals surface area contributed by atoms with Crippen molar-refractivity contribution in [1.82, 2.24) is 0 Å². The third kappa shape index (κ3) is 3.70. The molecular weight excluding hydrogens is 372 g/mol. The zero-order chi connectivity index (χ0) is 21.8. The van der Waals surface area contributed by atoms with Crippen LogP contribution in [0.5, 0.6) is 0 Å². The molecule has 0 aromatic heterocycles. The number of aliphatic hydroxyl groups excluding tert-OH is 2. The van der Waals surface area contributed by atoms with Gasteiger partial charge in [0.25, 0.3) is 0 Å². The monoisotopic (exact) mass is 418 g/mol. The third-order valence-electron chi connectivity index (χ3n) is 10.6. The highest BCUT2D eigenvalue weighted by atomic mass is 16.3. The van der Waals surface area contributed by atoms with E-state index in [2.05, 4.69) is 34.6 Å². The van der Waals surface area contributed by atoms with Gasteiger partial charge in [-0.05, 0) is 104 Å². The summed E-state index contributed by atoms with van der Waals surface area (Å²) in [6.45, 7) is 11.6. The van der Waals surface area contributed by atoms with Crippen LogP contribution in [0.4, 0.5) is 0 Å². The predicted octanol–water partition coefficient (Wildman–Crippen LogP) is 5.62. The van der Waals surface area contributed by atoms with Crippen molar-refractivity contribution in [2.45, 2.75) is 111 Å². The molecule has 3 nitrogen and oxygen atoms in total. The Hall–Kier alpha value is -0.410. The number of carbonyl (C=O) groups excluding carboxylic acids is 1. The van der Waals surface area contributed by atoms with E-state index in [1.165, 1.54) is 25.7 Å². The van der Waals surface area contributed by atoms with Gasteiger partial charge in [-0.25, -0.2) is 0 Å². The topological polar surface area (TPSA) is 57.5 Å². The van der Waals surface area contributed by atoms with E-state index >= 15 is 0 Å². The van der Waals surface area contributed by atoms with Crippen LogP contribution in [0.1, 0.15) is 98.8 Å². The highest BCUT2D eigenvalue weighted by Crippen LogP contribution is 2.68. The average Bonchev–Trinajstić information content (AvgIpc) is 3.00. The second-order valence-electron chi connectivity index (χ2n) is 12.8. The van der Waals surface area contributed by atoms with Gasteiger partial charge in [-0.2, -0.15) is 0 Å². The van der Waals surface area contributed by atoms with E-state index in [-0.39, 0.29) is 23.5 Å². The summed E-state index contributed by atoms with van der Waals surface area (Å²) < 4.78 is 0. The van der Waals surface area contributed by atoms with E-state index < -0.39 is 0 Å². The van der Waals surface area contributed by atoms with Gasteiger partial charge in [0, 0.05) is 12.8 Å². The minimum atomic E-state index is -0.252. The molecule has 0 heterocycles. The van der Waals surface area contributed by atoms with Crippen molar-refractivity contribution in [3.8, 4) is 0 Å². The van der Waals surface area contributed by atoms with Crippen molar-refractivity contribution >= 4 is 5.78 Å². The van der Waals surface area contributed by atoms with Gasteiger partial charge in [0.05, 0.1) is 12.2 Å². The van der Waals surface area contributed by atoms with Crippen molar-refractivity contribution in [3.63, 3.8) is 0 Å². The van der Waals surface area contributed by atoms with E-state index in [0.29, 0.717) is 46.7 Å². The predicted molar refractivity (Wildman–Crippen MR) is 121 cm³/mol. The molecule has 30 heavy (non-hydrogen) atoms. The fourth-order valence-corrected chi connectivity index (χ4v) is 9.29. The Kier molecular flexibility index (Phi) is 6.21. The zero-order valence-electron chi connectivity index (χ0n) is 20.1. The Morgan fingerprint density at radius 2 is 1.53 bits per heavy atom. The lowest BCUT2D eigenvalue weighted by Crippen LogP contribution is -2.58. The van der Waals surface area contributed by atoms with Crippen molar-refractivity contribution in [1.29, 1.82) is 0 Å². The van der Waals surface area contributed by atoms with Crippen LogP contribution in [-0.4, -0.2) is 28.2 Å². The first-order valence-electron chi connectivity index (χ1n) is 12.9. The molecule has 0 spiro atoms. The summed E-state index contributed by atoms with van der Waals surface area (Å²) in [4.78, 5) is 12.5. The number of fused-ring (bicyclic) bond motifs is 5. The van der Waals surface area contributed by atoms with Crippen LogP contribution in [-0.2, 0) is 4.79 Å². The van der Waals surface area contributed by atoms with Crippen molar-refractivity contribution in [2.75, 3.05) is 0 Å². The maximum absolute atomic E-state index is 12.5. The first kappa shape index (κ1) is 22.8. The number of Topliss-reactive ketones (excluding diaryl/α,β-unsaturated/α-hetero) is 1. The van der Waals surface area contributed by atoms with Gasteiger partial charge < -0.3 is 10.2 Å². The quantitative estimate of drug-likeness (QED) is 0.609. The SMILES string of the molecule is CC(C)CC(=O)CC(C)C1CCC2C3CC(O)C4CC(O)CCC4(C)C3CCC12C. The molecule has 10 atom stereocenters. The lowest BCUT2D eigenvalue weighted by atomic mass is 9.43. The van der Waals surface area contributed by atoms with Crippen LogP contribution in [0.2, 0.25) is 0 Å². The maximum Gasteiger partial charge on any atom is 0.133 e. The summed E-state index contributed by atoms with van der Waals surface area (Å²) in [5.74, 6) is 4.33. The molecule has 2 N–H and O–H groups in total. The number of aliphatic hydroxyl groups is 2. The minimum Gasteiger partial charge on any atom is -0.393 e. The second kappa shape index (κ2) is 8.18. The Morgan fingerprint density at radius 3 is 2.23 bits per heavy atom. The van der Waals surface area contributed by atoms with Gasteiger partial charge in [0.2, 0.25) is 0 Å². The molecule has 4 saturated carbocycles. The summed E-state index contributed by atoms with van der Waals surface area (Å²) in [7, 11) is 0. The van der Waals surface area contributed by atoms with Crippen LogP contribution in [0.15, 0.2) is 0 Å². The molecule has 0 aromatic rings. The Bertz CT molecular complexity index is 644. The molecule has 0 bridgehead atoms. The highest BCUT2D eigenvalue weighted by molar-refractivity contribution is 5.78. The molecule has 0 aliphatic heterocycles. The van der Waals surface area contributed by atoms with E-state index in [1.54, 1.807) is 0 Å². The van der Waals surface area contributed by atoms with Gasteiger partial charge >= 0.3 is 0 Å². The maximum atomic E-state index is 12.5. The molecule has 4 rings (SSSR count). The number of hydrogen-bond donors (Lipinski definition) is 2. The lowest BCUT2D eigenvalue weighted by Gasteiger charge is -2.62. The number of rotatable bonds is 5. The van der Waals surface area contributed by atoms with Crippen molar-refractivity contribution in [3.05, 3.63) is 0 Å². The lowest BCUT2D eigenvalue weighted by molar-refractivity contribution is -0.172. The van der Waals surface area contributed by atoms with Crippen LogP contribution >= 0.6 is 0 Å². The van der Waals surface area contributed by atoms with Crippen molar-refractivity contribution < 1.29 is 15.0 Å². The summed E-state index contributed by atoms with van der Waals surface area (Å²) in [6.07, 6.45) is 9.80. The molecule has 0 amide bonds. The number of carbonyl (C=O) groups is 1. The average molecular weight is 419 g/mol. The zero-order valence-corrected chi connectivity index (χ0v) is 20.1. The van der Waals surface area contributed by atoms with E-state index in [0.717, 1.165) is 38.5 Å². The summed E-state index contributed by atoms with van der Waals surface area (Å²) in [6, 6.07) is 0. The minimum absolute atomic E-state index is 0.194. The molecule has 0 saturated heterocycles. The summed E-state index contributed by atoms with van der Waals surface area (Å²) >= 11 is 0. The van der Waals surface area contributed by atoms with E-state index in [4.69, 9.17) is 0 Å². The molecule has 172 valence electrons. The molecule has 3 heteroatoms. The molecule has 0 radical (unpaired) electrons. The molecule has 0 aromatic carbocycles. The molecule has 4 fully saturated rings. The van der Waals surface area contributed by atoms with Gasteiger partial charge in [-0.3, -0.25) is 4.79 Å². The van der Waals surface area contributed by atoms with Crippen LogP contribution < -0.4 is 0 Å². The Labute approximate surface area is 184 Å². The standard InChI is InChI=1S/C27H46O3/c1-16(2)12-19(29)13-17(3)21-6-7-22-20-15-25(30)24-14-18(28)8-10-27(24,5)23(20)9-11-26(21,22)4/h16-18,20-25,28,30H,6-15H2,1-5H3. The van der Waals surface area contributed by atoms with Gasteiger partial charge in [0.15, 0.2) is 0 Å². The number of ketones is 1. The van der Waals surface area contributed by atoms with Gasteiger partial charge in [0.1, 0.15) is 5.78 Å². The molecule has 4 aliphatic rings. The summed E-state index contributed by atoms with van der Waals surface area (Å²) in [5.41, 5.74) is 0.523. The van der Waals surface area contributed by atoms with Crippen molar-refractivity contribution in [2.24, 2.45) is 52.3 Å². The first-order chi connectivity index (χ1) is 14.1. The Morgan fingerprint density at radius 1 is 0.867 bits per heavy atom. The van der Waals surface area contributed by atoms with Crippen LogP contribution in [0.25, 0.3) is 0 Å². The smallest absolute Gasteiger partial charge is 0.133 e. The largest absolute Gasteiger partial charge is 0.393 e. The van der Waals surface area contributed by atoms with Gasteiger partial charge in [-0.15, -0.1) is 0 Å². The highest BCUT2D eigenvalue weighted by Gasteiger charge is 2.62. The number of hydrogen-bond acceptors (Lipinski definition) is 3. The molecule has 10 unspecified atom stereocenters. The molecule has 4 aliphatic carbocycles. The van der Waals surface area contributed by atoms with Gasteiger partial charge in [-0.1, -0.05) is 34.6 Å². The van der Waals surface area contributed by atoms with E-state index in [9.17, 15) is 15.0 Å². The van der Waals surface area contributed by atoms with Crippen LogP contribution in [0, 0.1) is 52.3 Å².